The summed E-state index contributed by atoms with van der Waals surface area (Å²) in [5.74, 6) is 1.27. The molecule has 0 amide bonds. The fraction of sp³-hybridized carbons (Fsp3) is 0.308. The zero-order valence-electron chi connectivity index (χ0n) is 10.3. The van der Waals surface area contributed by atoms with Crippen LogP contribution in [0.4, 0.5) is 0 Å². The van der Waals surface area contributed by atoms with Crippen molar-refractivity contribution in [2.75, 3.05) is 0 Å². The summed E-state index contributed by atoms with van der Waals surface area (Å²) in [7, 11) is 1.91. The van der Waals surface area contributed by atoms with Gasteiger partial charge in [-0.15, -0.1) is 11.6 Å². The summed E-state index contributed by atoms with van der Waals surface area (Å²) in [6.07, 6.45) is 0. The molecule has 5 heteroatoms. The van der Waals surface area contributed by atoms with Crippen molar-refractivity contribution < 1.29 is 4.74 Å². The second kappa shape index (κ2) is 5.76. The molecule has 2 aromatic rings. The van der Waals surface area contributed by atoms with E-state index in [-0.39, 0.29) is 0 Å². The molecule has 0 N–H and O–H groups in total. The van der Waals surface area contributed by atoms with E-state index in [0.29, 0.717) is 12.5 Å². The Balaban J connectivity index is 2.08. The lowest BCUT2D eigenvalue weighted by Gasteiger charge is -2.08. The van der Waals surface area contributed by atoms with Gasteiger partial charge in [0.05, 0.1) is 11.4 Å². The van der Waals surface area contributed by atoms with Crippen molar-refractivity contribution in [3.8, 4) is 5.75 Å². The molecule has 2 rings (SSSR count). The smallest absolute Gasteiger partial charge is 0.130 e. The van der Waals surface area contributed by atoms with Gasteiger partial charge in [-0.25, -0.2) is 0 Å². The van der Waals surface area contributed by atoms with Gasteiger partial charge >= 0.3 is 0 Å². The van der Waals surface area contributed by atoms with Gasteiger partial charge in [-0.05, 0) is 36.8 Å². The second-order valence-corrected chi connectivity index (χ2v) is 5.20. The first kappa shape index (κ1) is 13.4. The number of hydrogen-bond acceptors (Lipinski definition) is 2. The predicted octanol–water partition coefficient (Wildman–Crippen LogP) is 3.81. The zero-order chi connectivity index (χ0) is 13.1. The van der Waals surface area contributed by atoms with Gasteiger partial charge in [0.1, 0.15) is 12.4 Å². The number of aromatic nitrogens is 2. The number of nitrogens with zero attached hydrogens (tertiary/aromatic N) is 2. The molecule has 1 heterocycles. The van der Waals surface area contributed by atoms with Crippen molar-refractivity contribution in [1.82, 2.24) is 9.78 Å². The highest BCUT2D eigenvalue weighted by Gasteiger charge is 2.05. The third-order valence-electron chi connectivity index (χ3n) is 2.65. The second-order valence-electron chi connectivity index (χ2n) is 4.08. The average molecular weight is 330 g/mol. The molecular formula is C13H14BrClN2O. The lowest BCUT2D eigenvalue weighted by Crippen LogP contribution is -2.03. The molecule has 0 unspecified atom stereocenters. The number of alkyl halides is 1. The summed E-state index contributed by atoms with van der Waals surface area (Å²) in [5, 5.41) is 4.28. The Kier molecular flexibility index (Phi) is 4.30. The maximum absolute atomic E-state index is 5.85. The molecule has 96 valence electrons. The van der Waals surface area contributed by atoms with Crippen LogP contribution in [-0.2, 0) is 19.5 Å². The van der Waals surface area contributed by atoms with Gasteiger partial charge in [0.15, 0.2) is 0 Å². The molecule has 0 fully saturated rings. The first-order valence-electron chi connectivity index (χ1n) is 5.57. The molecule has 0 bridgehead atoms. The normalized spacial score (nSPS) is 10.7. The molecule has 3 nitrogen and oxygen atoms in total. The lowest BCUT2D eigenvalue weighted by atomic mass is 10.2. The van der Waals surface area contributed by atoms with E-state index in [1.54, 1.807) is 0 Å². The third-order valence-corrected chi connectivity index (χ3v) is 3.71. The Labute approximate surface area is 120 Å². The Morgan fingerprint density at radius 3 is 2.78 bits per heavy atom. The van der Waals surface area contributed by atoms with E-state index >= 15 is 0 Å². The topological polar surface area (TPSA) is 27.1 Å². The van der Waals surface area contributed by atoms with Crippen molar-refractivity contribution in [1.29, 1.82) is 0 Å². The minimum absolute atomic E-state index is 0.461. The van der Waals surface area contributed by atoms with Crippen molar-refractivity contribution in [3.63, 3.8) is 0 Å². The van der Waals surface area contributed by atoms with Crippen LogP contribution in [0.1, 0.15) is 17.0 Å². The summed E-state index contributed by atoms with van der Waals surface area (Å²) in [6.45, 7) is 2.47. The van der Waals surface area contributed by atoms with Gasteiger partial charge in [0.25, 0.3) is 0 Å². The summed E-state index contributed by atoms with van der Waals surface area (Å²) < 4.78 is 8.57. The van der Waals surface area contributed by atoms with Crippen LogP contribution in [0.15, 0.2) is 28.7 Å². The molecule has 0 aliphatic heterocycles. The van der Waals surface area contributed by atoms with E-state index < -0.39 is 0 Å². The molecule has 0 saturated carbocycles. The molecule has 0 atom stereocenters. The highest BCUT2D eigenvalue weighted by Crippen LogP contribution is 2.24. The van der Waals surface area contributed by atoms with Crippen LogP contribution < -0.4 is 4.74 Å². The highest BCUT2D eigenvalue weighted by atomic mass is 79.9. The van der Waals surface area contributed by atoms with Crippen molar-refractivity contribution in [2.24, 2.45) is 7.05 Å². The van der Waals surface area contributed by atoms with Crippen LogP contribution in [0.25, 0.3) is 0 Å². The molecule has 1 aromatic heterocycles. The van der Waals surface area contributed by atoms with E-state index in [9.17, 15) is 0 Å². The minimum Gasteiger partial charge on any atom is -0.487 e. The number of rotatable bonds is 4. The minimum atomic E-state index is 0.461. The van der Waals surface area contributed by atoms with Crippen molar-refractivity contribution >= 4 is 27.5 Å². The van der Waals surface area contributed by atoms with Gasteiger partial charge < -0.3 is 4.74 Å². The number of halogens is 2. The Morgan fingerprint density at radius 2 is 2.17 bits per heavy atom. The lowest BCUT2D eigenvalue weighted by molar-refractivity contribution is 0.294. The molecule has 0 saturated heterocycles. The maximum atomic E-state index is 5.85. The zero-order valence-corrected chi connectivity index (χ0v) is 12.6. The van der Waals surface area contributed by atoms with Gasteiger partial charge in [-0.1, -0.05) is 15.9 Å². The quantitative estimate of drug-likeness (QED) is 0.798. The first-order chi connectivity index (χ1) is 8.60. The number of ether oxygens (including phenoxy) is 1. The van der Waals surface area contributed by atoms with E-state index in [1.807, 2.05) is 42.9 Å². The highest BCUT2D eigenvalue weighted by molar-refractivity contribution is 9.10. The Bertz CT molecular complexity index is 554. The van der Waals surface area contributed by atoms with Crippen LogP contribution in [0.2, 0.25) is 0 Å². The van der Waals surface area contributed by atoms with Gasteiger partial charge in [-0.3, -0.25) is 4.68 Å². The Morgan fingerprint density at radius 1 is 1.39 bits per heavy atom. The van der Waals surface area contributed by atoms with Crippen molar-refractivity contribution in [2.45, 2.75) is 19.4 Å². The molecular weight excluding hydrogens is 316 g/mol. The number of benzene rings is 1. The SMILES string of the molecule is Cc1cc(COc2ccc(Br)c(CCl)c2)n(C)n1. The molecule has 0 radical (unpaired) electrons. The van der Waals surface area contributed by atoms with E-state index in [1.165, 1.54) is 0 Å². The molecule has 18 heavy (non-hydrogen) atoms. The van der Waals surface area contributed by atoms with Crippen LogP contribution >= 0.6 is 27.5 Å². The summed E-state index contributed by atoms with van der Waals surface area (Å²) >= 11 is 9.30. The van der Waals surface area contributed by atoms with E-state index in [4.69, 9.17) is 16.3 Å². The van der Waals surface area contributed by atoms with E-state index in [0.717, 1.165) is 27.2 Å². The predicted molar refractivity (Wildman–Crippen MR) is 76.0 cm³/mol. The van der Waals surface area contributed by atoms with Gasteiger partial charge in [0, 0.05) is 17.4 Å². The first-order valence-corrected chi connectivity index (χ1v) is 6.89. The average Bonchev–Trinajstić information content (AvgIpc) is 2.67. The van der Waals surface area contributed by atoms with E-state index in [2.05, 4.69) is 21.0 Å². The number of aryl methyl sites for hydroxylation is 2. The summed E-state index contributed by atoms with van der Waals surface area (Å²) in [6, 6.07) is 7.83. The largest absolute Gasteiger partial charge is 0.487 e. The summed E-state index contributed by atoms with van der Waals surface area (Å²) in [5.41, 5.74) is 3.06. The summed E-state index contributed by atoms with van der Waals surface area (Å²) in [4.78, 5) is 0. The third kappa shape index (κ3) is 3.06. The number of hydrogen-bond donors (Lipinski definition) is 0. The monoisotopic (exact) mass is 328 g/mol. The fourth-order valence-electron chi connectivity index (χ4n) is 1.70. The van der Waals surface area contributed by atoms with Crippen LogP contribution in [0, 0.1) is 6.92 Å². The molecule has 0 spiro atoms. The van der Waals surface area contributed by atoms with Crippen LogP contribution in [-0.4, -0.2) is 9.78 Å². The van der Waals surface area contributed by atoms with Crippen LogP contribution in [0.3, 0.4) is 0 Å². The molecule has 0 aliphatic carbocycles. The van der Waals surface area contributed by atoms with Crippen LogP contribution in [0.5, 0.6) is 5.75 Å². The standard InChI is InChI=1S/C13H14BrClN2O/c1-9-5-11(17(2)16-9)8-18-12-3-4-13(14)10(6-12)7-15/h3-6H,7-8H2,1-2H3. The Hall–Kier alpha value is -1.00. The maximum Gasteiger partial charge on any atom is 0.130 e. The van der Waals surface area contributed by atoms with Gasteiger partial charge in [0.2, 0.25) is 0 Å². The fourth-order valence-corrected chi connectivity index (χ4v) is 2.47. The van der Waals surface area contributed by atoms with Gasteiger partial charge in [-0.2, -0.15) is 5.10 Å². The molecule has 1 aromatic carbocycles. The van der Waals surface area contributed by atoms with Crippen molar-refractivity contribution in [3.05, 3.63) is 45.7 Å². The molecule has 0 aliphatic rings.